The van der Waals surface area contributed by atoms with Crippen LogP contribution in [0.15, 0.2) is 24.3 Å². The first-order chi connectivity index (χ1) is 8.69. The summed E-state index contributed by atoms with van der Waals surface area (Å²) < 4.78 is 12.6. The van der Waals surface area contributed by atoms with Crippen molar-refractivity contribution in [1.29, 1.82) is 0 Å². The third kappa shape index (κ3) is 2.08. The Bertz CT molecular complexity index is 476. The number of hydrogen-bond acceptors (Lipinski definition) is 2. The lowest BCUT2D eigenvalue weighted by atomic mass is 10.1. The third-order valence-electron chi connectivity index (χ3n) is 3.03. The summed E-state index contributed by atoms with van der Waals surface area (Å²) in [5.74, 6) is -0.541. The lowest BCUT2D eigenvalue weighted by Crippen LogP contribution is -2.46. The van der Waals surface area contributed by atoms with Crippen molar-refractivity contribution in [3.05, 3.63) is 29.8 Å². The van der Waals surface area contributed by atoms with Gasteiger partial charge in [0, 0.05) is 0 Å². The van der Waals surface area contributed by atoms with Gasteiger partial charge in [-0.2, -0.15) is 0 Å². The van der Waals surface area contributed by atoms with Crippen LogP contribution in [0.5, 0.6) is 0 Å². The molecule has 4 nitrogen and oxygen atoms in total. The van der Waals surface area contributed by atoms with Gasteiger partial charge in [0.05, 0.1) is 17.8 Å². The summed E-state index contributed by atoms with van der Waals surface area (Å²) in [5, 5.41) is 2.67. The Morgan fingerprint density at radius 3 is 2.72 bits per heavy atom. The van der Waals surface area contributed by atoms with E-state index in [0.29, 0.717) is 17.7 Å². The van der Waals surface area contributed by atoms with Crippen LogP contribution in [0, 0.1) is 0 Å². The van der Waals surface area contributed by atoms with Gasteiger partial charge in [0.15, 0.2) is 0 Å². The Morgan fingerprint density at radius 2 is 2.06 bits per heavy atom. The highest BCUT2D eigenvalue weighted by atomic mass is 19.1. The summed E-state index contributed by atoms with van der Waals surface area (Å²) in [6.45, 7) is 1.15. The van der Waals surface area contributed by atoms with Gasteiger partial charge in [-0.3, -0.25) is 9.59 Å². The molecule has 96 valence electrons. The summed E-state index contributed by atoms with van der Waals surface area (Å²) in [7, 11) is 0. The molecule has 0 aromatic heterocycles. The van der Waals surface area contributed by atoms with Crippen molar-refractivity contribution in [2.24, 2.45) is 0 Å². The smallest absolute Gasteiger partial charge is 0.254 e. The summed E-state index contributed by atoms with van der Waals surface area (Å²) in [4.78, 5) is 25.6. The predicted molar refractivity (Wildman–Crippen MR) is 66.3 cm³/mol. The molecule has 0 radical (unpaired) electrons. The molecule has 1 N–H and O–H groups in total. The standard InChI is InChI=1S/C13H15FN2O2/c1-2-10-13(18)16(8-7-14)11-6-4-3-5-9(11)12(17)15-10/h3-6,10H,2,7-8H2,1H3,(H,15,17). The van der Waals surface area contributed by atoms with Crippen molar-refractivity contribution in [3.8, 4) is 0 Å². The number of amides is 2. The van der Waals surface area contributed by atoms with Crippen molar-refractivity contribution in [2.45, 2.75) is 19.4 Å². The van der Waals surface area contributed by atoms with Gasteiger partial charge in [0.2, 0.25) is 5.91 Å². The average molecular weight is 250 g/mol. The fourth-order valence-electron chi connectivity index (χ4n) is 2.10. The van der Waals surface area contributed by atoms with Crippen molar-refractivity contribution < 1.29 is 14.0 Å². The van der Waals surface area contributed by atoms with E-state index in [9.17, 15) is 14.0 Å². The lowest BCUT2D eigenvalue weighted by Gasteiger charge is -2.23. The molecule has 2 amide bonds. The van der Waals surface area contributed by atoms with Gasteiger partial charge in [-0.25, -0.2) is 4.39 Å². The maximum absolute atomic E-state index is 12.6. The molecule has 1 atom stereocenters. The highest BCUT2D eigenvalue weighted by Crippen LogP contribution is 2.24. The number of para-hydroxylation sites is 1. The molecule has 0 aliphatic carbocycles. The largest absolute Gasteiger partial charge is 0.340 e. The average Bonchev–Trinajstić information content (AvgIpc) is 2.49. The van der Waals surface area contributed by atoms with E-state index in [1.807, 2.05) is 6.92 Å². The number of alkyl halides is 1. The molecule has 5 heteroatoms. The van der Waals surface area contributed by atoms with E-state index in [4.69, 9.17) is 0 Å². The van der Waals surface area contributed by atoms with Gasteiger partial charge in [-0.1, -0.05) is 19.1 Å². The minimum absolute atomic E-state index is 0.0265. The van der Waals surface area contributed by atoms with Gasteiger partial charge < -0.3 is 10.2 Å². The predicted octanol–water partition coefficient (Wildman–Crippen LogP) is 1.51. The summed E-state index contributed by atoms with van der Waals surface area (Å²) in [6, 6.07) is 6.18. The van der Waals surface area contributed by atoms with Crippen LogP contribution in [-0.2, 0) is 4.79 Å². The lowest BCUT2D eigenvalue weighted by molar-refractivity contribution is -0.120. The number of fused-ring (bicyclic) bond motifs is 1. The quantitative estimate of drug-likeness (QED) is 0.884. The molecule has 2 rings (SSSR count). The van der Waals surface area contributed by atoms with E-state index < -0.39 is 12.7 Å². The van der Waals surface area contributed by atoms with Crippen LogP contribution in [0.1, 0.15) is 23.7 Å². The zero-order chi connectivity index (χ0) is 13.1. The number of hydrogen-bond donors (Lipinski definition) is 1. The molecule has 0 saturated heterocycles. The van der Waals surface area contributed by atoms with Crippen LogP contribution in [0.4, 0.5) is 10.1 Å². The second-order valence-corrected chi connectivity index (χ2v) is 4.13. The molecule has 1 aromatic rings. The van der Waals surface area contributed by atoms with Gasteiger partial charge >= 0.3 is 0 Å². The van der Waals surface area contributed by atoms with Gasteiger partial charge in [0.1, 0.15) is 12.7 Å². The van der Waals surface area contributed by atoms with Crippen LogP contribution in [0.25, 0.3) is 0 Å². The second-order valence-electron chi connectivity index (χ2n) is 4.13. The molecule has 1 heterocycles. The normalized spacial score (nSPS) is 19.2. The maximum atomic E-state index is 12.6. The molecule has 1 unspecified atom stereocenters. The molecule has 0 spiro atoms. The van der Waals surface area contributed by atoms with Gasteiger partial charge in [0.25, 0.3) is 5.91 Å². The molecule has 1 aliphatic heterocycles. The van der Waals surface area contributed by atoms with Crippen molar-refractivity contribution >= 4 is 17.5 Å². The number of carbonyl (C=O) groups excluding carboxylic acids is 2. The van der Waals surface area contributed by atoms with E-state index in [0.717, 1.165) is 0 Å². The molecular weight excluding hydrogens is 235 g/mol. The first-order valence-electron chi connectivity index (χ1n) is 5.96. The number of halogens is 1. The van der Waals surface area contributed by atoms with Crippen molar-refractivity contribution in [1.82, 2.24) is 5.32 Å². The molecule has 0 saturated carbocycles. The first kappa shape index (κ1) is 12.5. The molecule has 0 fully saturated rings. The van der Waals surface area contributed by atoms with Crippen LogP contribution in [0.2, 0.25) is 0 Å². The van der Waals surface area contributed by atoms with E-state index in [1.54, 1.807) is 24.3 Å². The summed E-state index contributed by atoms with van der Waals surface area (Å²) >= 11 is 0. The van der Waals surface area contributed by atoms with Crippen LogP contribution >= 0.6 is 0 Å². The topological polar surface area (TPSA) is 49.4 Å². The highest BCUT2D eigenvalue weighted by molar-refractivity contribution is 6.10. The zero-order valence-corrected chi connectivity index (χ0v) is 10.1. The third-order valence-corrected chi connectivity index (χ3v) is 3.03. The number of nitrogens with one attached hydrogen (secondary N) is 1. The molecule has 1 aliphatic rings. The first-order valence-corrected chi connectivity index (χ1v) is 5.96. The Morgan fingerprint density at radius 1 is 1.33 bits per heavy atom. The number of rotatable bonds is 3. The molecular formula is C13H15FN2O2. The fourth-order valence-corrected chi connectivity index (χ4v) is 2.10. The highest BCUT2D eigenvalue weighted by Gasteiger charge is 2.32. The Labute approximate surface area is 105 Å². The Kier molecular flexibility index (Phi) is 3.60. The Balaban J connectivity index is 2.50. The molecule has 0 bridgehead atoms. The maximum Gasteiger partial charge on any atom is 0.254 e. The zero-order valence-electron chi connectivity index (χ0n) is 10.1. The minimum atomic E-state index is -0.634. The van der Waals surface area contributed by atoms with Crippen LogP contribution in [-0.4, -0.2) is 31.1 Å². The monoisotopic (exact) mass is 250 g/mol. The van der Waals surface area contributed by atoms with Crippen LogP contribution in [0.3, 0.4) is 0 Å². The van der Waals surface area contributed by atoms with E-state index >= 15 is 0 Å². The Hall–Kier alpha value is -1.91. The number of benzene rings is 1. The van der Waals surface area contributed by atoms with E-state index in [1.165, 1.54) is 4.90 Å². The van der Waals surface area contributed by atoms with Gasteiger partial charge in [-0.05, 0) is 18.6 Å². The number of nitrogens with zero attached hydrogens (tertiary/aromatic N) is 1. The number of anilines is 1. The van der Waals surface area contributed by atoms with Crippen LogP contribution < -0.4 is 10.2 Å². The fraction of sp³-hybridized carbons (Fsp3) is 0.385. The van der Waals surface area contributed by atoms with Gasteiger partial charge in [-0.15, -0.1) is 0 Å². The molecule has 18 heavy (non-hydrogen) atoms. The number of carbonyl (C=O) groups is 2. The van der Waals surface area contributed by atoms with Crippen molar-refractivity contribution in [3.63, 3.8) is 0 Å². The minimum Gasteiger partial charge on any atom is -0.340 e. The van der Waals surface area contributed by atoms with E-state index in [-0.39, 0.29) is 18.4 Å². The van der Waals surface area contributed by atoms with Crippen molar-refractivity contribution in [2.75, 3.05) is 18.1 Å². The molecule has 1 aromatic carbocycles. The summed E-state index contributed by atoms with van der Waals surface area (Å²) in [6.07, 6.45) is 0.487. The SMILES string of the molecule is CCC1NC(=O)c2ccccc2N(CCF)C1=O. The van der Waals surface area contributed by atoms with E-state index in [2.05, 4.69) is 5.32 Å². The summed E-state index contributed by atoms with van der Waals surface area (Å²) in [5.41, 5.74) is 0.892. The second kappa shape index (κ2) is 5.16.